The molecular formula is C70H72Cl2F9N3O11S3. The van der Waals surface area contributed by atoms with Crippen molar-refractivity contribution in [2.24, 2.45) is 23.7 Å². The number of halogens is 11. The second kappa shape index (κ2) is 27.3. The number of sulfonamides is 1. The first kappa shape index (κ1) is 71.7. The van der Waals surface area contributed by atoms with Crippen LogP contribution < -0.4 is 29.6 Å². The maximum Gasteiger partial charge on any atom is 0.416 e. The number of nitrogens with one attached hydrogen (secondary N) is 3. The number of carbonyl (C=O) groups is 1. The fourth-order valence-electron chi connectivity index (χ4n) is 15.9. The van der Waals surface area contributed by atoms with Gasteiger partial charge in [0, 0.05) is 57.9 Å². The summed E-state index contributed by atoms with van der Waals surface area (Å²) >= 11 is 12.0. The first-order valence-corrected chi connectivity index (χ1v) is 37.9. The molecule has 3 heterocycles. The number of ether oxygens (including phenoxy) is 3. The Kier molecular flexibility index (Phi) is 20.0. The molecule has 0 aromatic heterocycles. The lowest BCUT2D eigenvalue weighted by atomic mass is 9.55. The van der Waals surface area contributed by atoms with Gasteiger partial charge in [0.2, 0.25) is 15.9 Å². The van der Waals surface area contributed by atoms with Crippen molar-refractivity contribution < 1.29 is 88.9 Å². The van der Waals surface area contributed by atoms with Gasteiger partial charge in [-0.3, -0.25) is 4.79 Å². The molecule has 14 nitrogen and oxygen atoms in total. The zero-order valence-electron chi connectivity index (χ0n) is 53.0. The van der Waals surface area contributed by atoms with Gasteiger partial charge in [-0.15, -0.1) is 0 Å². The van der Waals surface area contributed by atoms with E-state index in [0.29, 0.717) is 60.8 Å². The molecular weight excluding hydrogens is 1400 g/mol. The summed E-state index contributed by atoms with van der Waals surface area (Å²) in [5.74, 6) is -7.00. The van der Waals surface area contributed by atoms with Crippen LogP contribution in [0, 0.1) is 58.6 Å². The second-order valence-electron chi connectivity index (χ2n) is 27.1. The number of benzene rings is 6. The van der Waals surface area contributed by atoms with Crippen LogP contribution in [0.5, 0.6) is 17.2 Å². The van der Waals surface area contributed by atoms with Crippen molar-refractivity contribution in [1.82, 2.24) is 15.4 Å². The van der Waals surface area contributed by atoms with Gasteiger partial charge in [-0.2, -0.15) is 13.2 Å². The summed E-state index contributed by atoms with van der Waals surface area (Å²) in [5.41, 5.74) is -2.94. The molecule has 6 aromatic rings. The van der Waals surface area contributed by atoms with E-state index >= 15 is 13.2 Å². The van der Waals surface area contributed by atoms with E-state index < -0.39 is 142 Å². The third kappa shape index (κ3) is 13.3. The first-order valence-electron chi connectivity index (χ1n) is 32.6. The molecule has 28 heteroatoms. The number of hydrogen-bond acceptors (Lipinski definition) is 12. The summed E-state index contributed by atoms with van der Waals surface area (Å²) in [7, 11) is -12.3. The summed E-state index contributed by atoms with van der Waals surface area (Å²) in [5, 5.41) is 18.7. The predicted octanol–water partition coefficient (Wildman–Crippen LogP) is 13.7. The van der Waals surface area contributed by atoms with E-state index in [1.807, 2.05) is 12.1 Å². The van der Waals surface area contributed by atoms with Gasteiger partial charge in [0.15, 0.2) is 54.4 Å². The van der Waals surface area contributed by atoms with E-state index in [0.717, 1.165) is 73.0 Å². The predicted molar refractivity (Wildman–Crippen MR) is 347 cm³/mol. The largest absolute Gasteiger partial charge is 0.490 e. The Balaban J connectivity index is 0.000000140. The lowest BCUT2D eigenvalue weighted by Gasteiger charge is -2.55. The van der Waals surface area contributed by atoms with Crippen LogP contribution in [0.15, 0.2) is 119 Å². The lowest BCUT2D eigenvalue weighted by molar-refractivity contribution is -0.137. The quantitative estimate of drug-likeness (QED) is 0.0710. The molecule has 5 saturated carbocycles. The molecule has 98 heavy (non-hydrogen) atoms. The highest BCUT2D eigenvalue weighted by atomic mass is 35.5. The molecule has 6 aromatic carbocycles. The Morgan fingerprint density at radius 3 is 1.57 bits per heavy atom. The summed E-state index contributed by atoms with van der Waals surface area (Å²) in [4.78, 5) is 11.6. The average molecular weight is 1470 g/mol. The van der Waals surface area contributed by atoms with Crippen molar-refractivity contribution in [3.8, 4) is 17.2 Å². The van der Waals surface area contributed by atoms with Gasteiger partial charge < -0.3 is 30.0 Å². The van der Waals surface area contributed by atoms with Crippen molar-refractivity contribution >= 4 is 58.8 Å². The molecule has 0 saturated heterocycles. The van der Waals surface area contributed by atoms with Crippen LogP contribution in [0.4, 0.5) is 39.5 Å². The number of amides is 1. The smallest absolute Gasteiger partial charge is 0.416 e. The Labute approximate surface area is 572 Å². The minimum absolute atomic E-state index is 0.0461. The molecule has 0 unspecified atom stereocenters. The van der Waals surface area contributed by atoms with Crippen molar-refractivity contribution in [3.05, 3.63) is 182 Å². The monoisotopic (exact) mass is 1470 g/mol. The van der Waals surface area contributed by atoms with Crippen molar-refractivity contribution in [1.29, 1.82) is 0 Å². The normalized spacial score (nSPS) is 27.1. The van der Waals surface area contributed by atoms with Crippen LogP contribution in [0.2, 0.25) is 10.0 Å². The molecule has 528 valence electrons. The van der Waals surface area contributed by atoms with Crippen LogP contribution >= 0.6 is 23.2 Å². The van der Waals surface area contributed by atoms with Gasteiger partial charge in [-0.05, 0) is 218 Å². The number of hydrogen-bond donors (Lipinski definition) is 4. The van der Waals surface area contributed by atoms with E-state index in [1.165, 1.54) is 37.1 Å². The van der Waals surface area contributed by atoms with Crippen LogP contribution in [-0.4, -0.2) is 92.1 Å². The van der Waals surface area contributed by atoms with E-state index in [2.05, 4.69) is 15.4 Å². The Hall–Kier alpha value is -6.13. The Morgan fingerprint density at radius 2 is 1.05 bits per heavy atom. The minimum Gasteiger partial charge on any atom is -0.490 e. The third-order valence-electron chi connectivity index (χ3n) is 21.0. The van der Waals surface area contributed by atoms with Crippen LogP contribution in [0.3, 0.4) is 0 Å². The summed E-state index contributed by atoms with van der Waals surface area (Å²) in [6.45, 7) is 2.69. The minimum atomic E-state index is -4.67. The van der Waals surface area contributed by atoms with Crippen molar-refractivity contribution in [2.75, 3.05) is 32.9 Å². The summed E-state index contributed by atoms with van der Waals surface area (Å²) in [6, 6.07) is 21.2. The molecule has 14 rings (SSSR count). The summed E-state index contributed by atoms with van der Waals surface area (Å²) in [6.07, 6.45) is 1.82. The standard InChI is InChI=1S/C24H26ClF2NO2.C24H24F5NO4S.C22H22ClF2NO5S2/c25-17-5-3-15(4-6-17)11-23-10-9-18(28-13-16-1-2-16)12-24(23,29)14-30-22-20(27)8-7-19(26)21(22)23;1-2-30-20(31)12-14-9-10-23(35(32,33)17-5-3-15(4-6-17)24(27,28)29)16(11-14)13-34-22-19(26)8-7-18(25)21(22)23;23-14-1-3-16(4-2-14)32(27,28)22-10-9-15(26-33(29,30)17-5-6-17)11-13(22)12-31-21-19(25)8-7-18(24)20(21)22/h3-8,16,18,28-29H,1-2,9-14H2;3-8,14,16H,2,9-13H2,1H3,(H,30,31);1-4,7-8,13,15,17,26H,5-6,9-12H2/t18-,23-,24+;14-,16-,23+;13-,15-,22+/m111/s1. The molecule has 3 aliphatic heterocycles. The second-order valence-corrected chi connectivity index (χ2v) is 34.4. The zero-order chi connectivity index (χ0) is 70.1. The van der Waals surface area contributed by atoms with Gasteiger partial charge >= 0.3 is 6.18 Å². The number of fused-ring (bicyclic) bond motifs is 9. The summed E-state index contributed by atoms with van der Waals surface area (Å²) < 4.78 is 225. The molecule has 5 aliphatic carbocycles. The van der Waals surface area contributed by atoms with Gasteiger partial charge in [0.1, 0.15) is 39.2 Å². The number of alkyl halides is 3. The van der Waals surface area contributed by atoms with Gasteiger partial charge in [0.05, 0.1) is 44.9 Å². The van der Waals surface area contributed by atoms with Crippen LogP contribution in [0.1, 0.15) is 125 Å². The molecule has 9 atom stereocenters. The maximum atomic E-state index is 15.2. The molecule has 8 aliphatic rings. The topological polar surface area (TPSA) is 203 Å². The number of rotatable bonds is 15. The van der Waals surface area contributed by atoms with Gasteiger partial charge in [-0.25, -0.2) is 56.3 Å². The molecule has 5 fully saturated rings. The lowest BCUT2D eigenvalue weighted by Crippen LogP contribution is -2.65. The highest BCUT2D eigenvalue weighted by molar-refractivity contribution is 7.92. The molecule has 4 N–H and O–H groups in total. The molecule has 0 bridgehead atoms. The van der Waals surface area contributed by atoms with Crippen molar-refractivity contribution in [2.45, 2.75) is 157 Å². The maximum absolute atomic E-state index is 15.2. The number of aliphatic hydroxyl groups is 1. The Morgan fingerprint density at radius 1 is 0.571 bits per heavy atom. The van der Waals surface area contributed by atoms with Gasteiger partial charge in [-0.1, -0.05) is 35.3 Å². The van der Waals surface area contributed by atoms with E-state index in [-0.39, 0.29) is 104 Å². The average Bonchev–Trinajstić information content (AvgIpc) is 1.38. The highest BCUT2D eigenvalue weighted by Crippen LogP contribution is 2.60. The highest BCUT2D eigenvalue weighted by Gasteiger charge is 2.63. The Bertz CT molecular complexity index is 4370. The molecule has 0 radical (unpaired) electrons. The fraction of sp³-hybridized carbons (Fsp3) is 0.471. The van der Waals surface area contributed by atoms with Crippen LogP contribution in [-0.2, 0) is 62.0 Å². The number of carbonyl (C=O) groups excluding carboxylic acids is 1. The number of sulfone groups is 2. The van der Waals surface area contributed by atoms with E-state index in [9.17, 15) is 61.5 Å². The van der Waals surface area contributed by atoms with Crippen molar-refractivity contribution in [3.63, 3.8) is 0 Å². The van der Waals surface area contributed by atoms with Gasteiger partial charge in [0.25, 0.3) is 0 Å². The zero-order valence-corrected chi connectivity index (χ0v) is 56.9. The van der Waals surface area contributed by atoms with E-state index in [1.54, 1.807) is 19.1 Å². The SMILES string of the molecule is CCNC(=O)C[C@@H]1CC[C@@]2(S(=O)(=O)c3ccc(C(F)(F)F)cc3)c3c(F)ccc(F)c3OC[C@H]2C1.O=S(=O)(N[C@@H]1CC[C@@]2(S(=O)(=O)c3ccc(Cl)cc3)c3c(F)ccc(F)c3OC[C@H]2C1)C1CC1.O[C@@]12COc3c(F)ccc(F)c3[C@]1(Cc1ccc(Cl)cc1)CC[C@@H](NCC1CC1)C2. The fourth-order valence-corrected chi connectivity index (χ4v) is 22.5. The van der Waals surface area contributed by atoms with Crippen LogP contribution in [0.25, 0.3) is 0 Å². The molecule has 1 amide bonds. The first-order chi connectivity index (χ1) is 46.4. The van der Waals surface area contributed by atoms with E-state index in [4.69, 9.17) is 37.4 Å². The molecule has 0 spiro atoms. The third-order valence-corrected chi connectivity index (χ3v) is 28.7.